The van der Waals surface area contributed by atoms with Crippen LogP contribution in [0, 0.1) is 5.92 Å². The zero-order chi connectivity index (χ0) is 13.7. The lowest BCUT2D eigenvalue weighted by Gasteiger charge is -2.35. The van der Waals surface area contributed by atoms with Gasteiger partial charge in [-0.05, 0) is 39.0 Å². The monoisotopic (exact) mass is 268 g/mol. The van der Waals surface area contributed by atoms with Crippen molar-refractivity contribution in [1.82, 2.24) is 9.80 Å². The van der Waals surface area contributed by atoms with Gasteiger partial charge in [-0.25, -0.2) is 4.79 Å². The van der Waals surface area contributed by atoms with Gasteiger partial charge >= 0.3 is 6.09 Å². The summed E-state index contributed by atoms with van der Waals surface area (Å²) < 4.78 is 5.02. The molecule has 0 aliphatic carbocycles. The summed E-state index contributed by atoms with van der Waals surface area (Å²) in [6.45, 7) is 5.19. The van der Waals surface area contributed by atoms with Crippen LogP contribution in [0.4, 0.5) is 4.79 Å². The second-order valence-electron chi connectivity index (χ2n) is 5.37. The number of hydrogen-bond acceptors (Lipinski definition) is 3. The van der Waals surface area contributed by atoms with Crippen molar-refractivity contribution in [2.75, 3.05) is 32.8 Å². The first-order chi connectivity index (χ1) is 9.22. The smallest absolute Gasteiger partial charge is 0.409 e. The highest BCUT2D eigenvalue weighted by Gasteiger charge is 2.32. The minimum absolute atomic E-state index is 0.0312. The van der Waals surface area contributed by atoms with Gasteiger partial charge in [0, 0.05) is 26.2 Å². The molecular formula is C14H24N2O3. The predicted molar refractivity (Wildman–Crippen MR) is 71.8 cm³/mol. The summed E-state index contributed by atoms with van der Waals surface area (Å²) in [5, 5.41) is 0. The van der Waals surface area contributed by atoms with E-state index in [1.54, 1.807) is 11.8 Å². The highest BCUT2D eigenvalue weighted by Crippen LogP contribution is 2.21. The zero-order valence-corrected chi connectivity index (χ0v) is 11.8. The number of rotatable bonds is 2. The van der Waals surface area contributed by atoms with Gasteiger partial charge in [-0.2, -0.15) is 0 Å². The highest BCUT2D eigenvalue weighted by molar-refractivity contribution is 5.80. The van der Waals surface area contributed by atoms with Crippen molar-refractivity contribution >= 4 is 12.0 Å². The predicted octanol–water partition coefficient (Wildman–Crippen LogP) is 1.87. The SMILES string of the molecule is CCOC(=O)N1CCCC(C(=O)N2CCCCC2)C1. The topological polar surface area (TPSA) is 49.9 Å². The molecule has 2 saturated heterocycles. The van der Waals surface area contributed by atoms with Crippen LogP contribution in [0.25, 0.3) is 0 Å². The molecular weight excluding hydrogens is 244 g/mol. The summed E-state index contributed by atoms with van der Waals surface area (Å²) in [4.78, 5) is 27.8. The third-order valence-corrected chi connectivity index (χ3v) is 3.96. The van der Waals surface area contributed by atoms with Crippen molar-refractivity contribution in [3.05, 3.63) is 0 Å². The molecule has 5 nitrogen and oxygen atoms in total. The van der Waals surface area contributed by atoms with Gasteiger partial charge in [0.25, 0.3) is 0 Å². The number of piperidine rings is 2. The van der Waals surface area contributed by atoms with Crippen LogP contribution < -0.4 is 0 Å². The van der Waals surface area contributed by atoms with Crippen molar-refractivity contribution in [2.45, 2.75) is 39.0 Å². The summed E-state index contributed by atoms with van der Waals surface area (Å²) >= 11 is 0. The summed E-state index contributed by atoms with van der Waals surface area (Å²) in [6, 6.07) is 0. The van der Waals surface area contributed by atoms with Gasteiger partial charge < -0.3 is 14.5 Å². The third kappa shape index (κ3) is 3.61. The lowest BCUT2D eigenvalue weighted by Crippen LogP contribution is -2.48. The molecule has 19 heavy (non-hydrogen) atoms. The van der Waals surface area contributed by atoms with Crippen LogP contribution in [-0.4, -0.2) is 54.6 Å². The minimum atomic E-state index is -0.279. The molecule has 0 aromatic carbocycles. The number of amides is 2. The molecule has 2 aliphatic rings. The molecule has 0 N–H and O–H groups in total. The Morgan fingerprint density at radius 1 is 1.05 bits per heavy atom. The van der Waals surface area contributed by atoms with E-state index in [1.165, 1.54) is 6.42 Å². The van der Waals surface area contributed by atoms with Crippen molar-refractivity contribution < 1.29 is 14.3 Å². The van der Waals surface area contributed by atoms with E-state index in [0.717, 1.165) is 38.8 Å². The van der Waals surface area contributed by atoms with E-state index in [1.807, 2.05) is 4.90 Å². The van der Waals surface area contributed by atoms with E-state index in [2.05, 4.69) is 0 Å². The Morgan fingerprint density at radius 2 is 1.74 bits per heavy atom. The number of carbonyl (C=O) groups excluding carboxylic acids is 2. The van der Waals surface area contributed by atoms with Crippen molar-refractivity contribution in [1.29, 1.82) is 0 Å². The van der Waals surface area contributed by atoms with Gasteiger partial charge in [0.05, 0.1) is 12.5 Å². The molecule has 2 aliphatic heterocycles. The average Bonchev–Trinajstić information content (AvgIpc) is 2.48. The molecule has 1 unspecified atom stereocenters. The summed E-state index contributed by atoms with van der Waals surface area (Å²) in [7, 11) is 0. The van der Waals surface area contributed by atoms with Crippen molar-refractivity contribution in [2.24, 2.45) is 5.92 Å². The maximum absolute atomic E-state index is 12.4. The number of likely N-dealkylation sites (tertiary alicyclic amines) is 2. The molecule has 0 spiro atoms. The number of nitrogens with zero attached hydrogens (tertiary/aromatic N) is 2. The third-order valence-electron chi connectivity index (χ3n) is 3.96. The molecule has 108 valence electrons. The largest absolute Gasteiger partial charge is 0.450 e. The Balaban J connectivity index is 1.89. The normalized spacial score (nSPS) is 24.2. The first kappa shape index (κ1) is 14.2. The molecule has 0 bridgehead atoms. The Hall–Kier alpha value is -1.26. The van der Waals surface area contributed by atoms with Crippen molar-refractivity contribution in [3.63, 3.8) is 0 Å². The molecule has 2 fully saturated rings. The molecule has 0 saturated carbocycles. The summed E-state index contributed by atoms with van der Waals surface area (Å²) in [5.41, 5.74) is 0. The fourth-order valence-electron chi connectivity index (χ4n) is 2.93. The van der Waals surface area contributed by atoms with Crippen LogP contribution in [-0.2, 0) is 9.53 Å². The van der Waals surface area contributed by atoms with Gasteiger partial charge in [-0.1, -0.05) is 0 Å². The van der Waals surface area contributed by atoms with Crippen LogP contribution in [0.3, 0.4) is 0 Å². The summed E-state index contributed by atoms with van der Waals surface area (Å²) in [6.07, 6.45) is 4.95. The Bertz CT molecular complexity index is 327. The number of carbonyl (C=O) groups is 2. The molecule has 1 atom stereocenters. The molecule has 0 aromatic heterocycles. The molecule has 0 radical (unpaired) electrons. The van der Waals surface area contributed by atoms with E-state index in [0.29, 0.717) is 19.7 Å². The Morgan fingerprint density at radius 3 is 2.42 bits per heavy atom. The van der Waals surface area contributed by atoms with E-state index in [4.69, 9.17) is 4.74 Å². The zero-order valence-electron chi connectivity index (χ0n) is 11.8. The highest BCUT2D eigenvalue weighted by atomic mass is 16.6. The standard InChI is InChI=1S/C14H24N2O3/c1-2-19-14(18)16-10-6-7-12(11-16)13(17)15-8-4-3-5-9-15/h12H,2-11H2,1H3. The van der Waals surface area contributed by atoms with Gasteiger partial charge in [-0.3, -0.25) is 4.79 Å². The van der Waals surface area contributed by atoms with E-state index in [9.17, 15) is 9.59 Å². The molecule has 0 aromatic rings. The van der Waals surface area contributed by atoms with Gasteiger partial charge in [0.15, 0.2) is 0 Å². The second-order valence-corrected chi connectivity index (χ2v) is 5.37. The summed E-state index contributed by atoms with van der Waals surface area (Å²) in [5.74, 6) is 0.199. The van der Waals surface area contributed by atoms with Gasteiger partial charge in [0.2, 0.25) is 5.91 Å². The lowest BCUT2D eigenvalue weighted by atomic mass is 9.96. The Kier molecular flexibility index (Phi) is 5.05. The Labute approximate surface area is 114 Å². The van der Waals surface area contributed by atoms with Crippen LogP contribution in [0.1, 0.15) is 39.0 Å². The van der Waals surface area contributed by atoms with E-state index in [-0.39, 0.29) is 17.9 Å². The van der Waals surface area contributed by atoms with Crippen LogP contribution in [0.5, 0.6) is 0 Å². The maximum atomic E-state index is 12.4. The fraction of sp³-hybridized carbons (Fsp3) is 0.857. The molecule has 2 amide bonds. The average molecular weight is 268 g/mol. The number of ether oxygens (including phenoxy) is 1. The van der Waals surface area contributed by atoms with Crippen LogP contribution in [0.15, 0.2) is 0 Å². The van der Waals surface area contributed by atoms with Crippen LogP contribution in [0.2, 0.25) is 0 Å². The minimum Gasteiger partial charge on any atom is -0.450 e. The first-order valence-corrected chi connectivity index (χ1v) is 7.43. The lowest BCUT2D eigenvalue weighted by molar-refractivity contribution is -0.138. The first-order valence-electron chi connectivity index (χ1n) is 7.43. The van der Waals surface area contributed by atoms with Crippen LogP contribution >= 0.6 is 0 Å². The molecule has 2 rings (SSSR count). The van der Waals surface area contributed by atoms with E-state index >= 15 is 0 Å². The fourth-order valence-corrected chi connectivity index (χ4v) is 2.93. The second kappa shape index (κ2) is 6.78. The van der Waals surface area contributed by atoms with Crippen molar-refractivity contribution in [3.8, 4) is 0 Å². The number of hydrogen-bond donors (Lipinski definition) is 0. The van der Waals surface area contributed by atoms with Gasteiger partial charge in [-0.15, -0.1) is 0 Å². The molecule has 5 heteroatoms. The van der Waals surface area contributed by atoms with E-state index < -0.39 is 0 Å². The maximum Gasteiger partial charge on any atom is 0.409 e. The molecule has 2 heterocycles. The quantitative estimate of drug-likeness (QED) is 0.768. The van der Waals surface area contributed by atoms with Gasteiger partial charge in [0.1, 0.15) is 0 Å².